The predicted octanol–water partition coefficient (Wildman–Crippen LogP) is 5.41. The van der Waals surface area contributed by atoms with E-state index in [9.17, 15) is 19.5 Å². The summed E-state index contributed by atoms with van der Waals surface area (Å²) in [6, 6.07) is 31.2. The first kappa shape index (κ1) is 27.1. The molecular weight excluding hydrogens is 492 g/mol. The highest BCUT2D eigenvalue weighted by atomic mass is 16.5. The van der Waals surface area contributed by atoms with Gasteiger partial charge in [0.15, 0.2) is 0 Å². The van der Waals surface area contributed by atoms with Gasteiger partial charge in [0.05, 0.1) is 13.5 Å². The van der Waals surface area contributed by atoms with Crippen LogP contribution in [0.5, 0.6) is 5.75 Å². The second-order valence-corrected chi connectivity index (χ2v) is 8.98. The van der Waals surface area contributed by atoms with Gasteiger partial charge in [-0.1, -0.05) is 78.9 Å². The van der Waals surface area contributed by atoms with Crippen molar-refractivity contribution in [2.24, 2.45) is 0 Å². The number of carboxylic acid groups (broad SMARTS) is 1. The fourth-order valence-corrected chi connectivity index (χ4v) is 4.30. The average Bonchev–Trinajstić information content (AvgIpc) is 2.98. The van der Waals surface area contributed by atoms with Gasteiger partial charge in [-0.15, -0.1) is 0 Å². The van der Waals surface area contributed by atoms with Crippen molar-refractivity contribution in [2.75, 3.05) is 13.7 Å². The van der Waals surface area contributed by atoms with Crippen molar-refractivity contribution in [1.82, 2.24) is 10.2 Å². The van der Waals surface area contributed by atoms with Crippen LogP contribution in [0.15, 0.2) is 103 Å². The SMILES string of the molecule is COc1ccc(CN(CCC(=O)O)C(=O)c2ccccc2-c2ccccc2C(=O)NCc2ccccc2)cc1. The van der Waals surface area contributed by atoms with E-state index in [0.717, 1.165) is 11.1 Å². The molecule has 0 aromatic heterocycles. The lowest BCUT2D eigenvalue weighted by Crippen LogP contribution is -2.33. The number of nitrogens with one attached hydrogen (secondary N) is 1. The molecule has 198 valence electrons. The lowest BCUT2D eigenvalue weighted by molar-refractivity contribution is -0.137. The van der Waals surface area contributed by atoms with Gasteiger partial charge >= 0.3 is 5.97 Å². The Bertz CT molecular complexity index is 1430. The van der Waals surface area contributed by atoms with Crippen molar-refractivity contribution in [3.05, 3.63) is 125 Å². The summed E-state index contributed by atoms with van der Waals surface area (Å²) in [5.41, 5.74) is 3.87. The van der Waals surface area contributed by atoms with E-state index in [0.29, 0.717) is 34.5 Å². The molecule has 39 heavy (non-hydrogen) atoms. The Morgan fingerprint density at radius 3 is 1.97 bits per heavy atom. The molecular formula is C32H30N2O5. The zero-order valence-electron chi connectivity index (χ0n) is 21.7. The van der Waals surface area contributed by atoms with E-state index in [-0.39, 0.29) is 31.3 Å². The highest BCUT2D eigenvalue weighted by molar-refractivity contribution is 6.06. The molecule has 4 rings (SSSR count). The zero-order chi connectivity index (χ0) is 27.6. The number of rotatable bonds is 11. The molecule has 0 radical (unpaired) electrons. The molecule has 4 aromatic carbocycles. The van der Waals surface area contributed by atoms with Gasteiger partial charge in [-0.25, -0.2) is 0 Å². The summed E-state index contributed by atoms with van der Waals surface area (Å²) in [5, 5.41) is 12.3. The van der Waals surface area contributed by atoms with Crippen LogP contribution in [-0.4, -0.2) is 41.4 Å². The van der Waals surface area contributed by atoms with Crippen molar-refractivity contribution in [1.29, 1.82) is 0 Å². The first-order valence-corrected chi connectivity index (χ1v) is 12.6. The first-order valence-electron chi connectivity index (χ1n) is 12.6. The van der Waals surface area contributed by atoms with Crippen molar-refractivity contribution in [2.45, 2.75) is 19.5 Å². The number of amides is 2. The van der Waals surface area contributed by atoms with E-state index in [1.165, 1.54) is 4.90 Å². The molecule has 0 aliphatic heterocycles. The van der Waals surface area contributed by atoms with Gasteiger partial charge in [0, 0.05) is 30.8 Å². The zero-order valence-corrected chi connectivity index (χ0v) is 21.7. The fraction of sp³-hybridized carbons (Fsp3) is 0.156. The Hall–Kier alpha value is -4.91. The summed E-state index contributed by atoms with van der Waals surface area (Å²) in [7, 11) is 1.58. The molecule has 4 aromatic rings. The molecule has 2 amide bonds. The van der Waals surface area contributed by atoms with Gasteiger partial charge in [-0.2, -0.15) is 0 Å². The molecule has 2 N–H and O–H groups in total. The average molecular weight is 523 g/mol. The van der Waals surface area contributed by atoms with Gasteiger partial charge < -0.3 is 20.1 Å². The summed E-state index contributed by atoms with van der Waals surface area (Å²) in [4.78, 5) is 40.0. The van der Waals surface area contributed by atoms with Crippen LogP contribution in [0.25, 0.3) is 11.1 Å². The maximum absolute atomic E-state index is 13.9. The lowest BCUT2D eigenvalue weighted by Gasteiger charge is -2.24. The number of aliphatic carboxylic acids is 1. The molecule has 0 saturated heterocycles. The van der Waals surface area contributed by atoms with E-state index >= 15 is 0 Å². The van der Waals surface area contributed by atoms with Crippen molar-refractivity contribution >= 4 is 17.8 Å². The van der Waals surface area contributed by atoms with Gasteiger partial charge in [-0.05, 0) is 46.5 Å². The van der Waals surface area contributed by atoms with Crippen LogP contribution in [-0.2, 0) is 17.9 Å². The molecule has 0 heterocycles. The third-order valence-electron chi connectivity index (χ3n) is 6.33. The molecule has 0 spiro atoms. The van der Waals surface area contributed by atoms with Crippen molar-refractivity contribution in [3.63, 3.8) is 0 Å². The number of hydrogen-bond acceptors (Lipinski definition) is 4. The highest BCUT2D eigenvalue weighted by Gasteiger charge is 2.23. The summed E-state index contributed by atoms with van der Waals surface area (Å²) in [6.07, 6.45) is -0.192. The monoisotopic (exact) mass is 522 g/mol. The summed E-state index contributed by atoms with van der Waals surface area (Å²) < 4.78 is 5.22. The first-order chi connectivity index (χ1) is 19.0. The minimum atomic E-state index is -0.990. The van der Waals surface area contributed by atoms with Gasteiger partial charge in [0.25, 0.3) is 11.8 Å². The van der Waals surface area contributed by atoms with Gasteiger partial charge in [0.1, 0.15) is 5.75 Å². The minimum absolute atomic E-state index is 0.0355. The Morgan fingerprint density at radius 2 is 1.33 bits per heavy atom. The van der Waals surface area contributed by atoms with Gasteiger partial charge in [-0.3, -0.25) is 14.4 Å². The Kier molecular flexibility index (Phi) is 9.08. The fourth-order valence-electron chi connectivity index (χ4n) is 4.30. The number of ether oxygens (including phenoxy) is 1. The molecule has 7 nitrogen and oxygen atoms in total. The molecule has 0 fully saturated rings. The predicted molar refractivity (Wildman–Crippen MR) is 149 cm³/mol. The smallest absolute Gasteiger partial charge is 0.305 e. The van der Waals surface area contributed by atoms with Crippen LogP contribution in [0, 0.1) is 0 Å². The van der Waals surface area contributed by atoms with E-state index < -0.39 is 5.97 Å². The summed E-state index contributed by atoms with van der Waals surface area (Å²) >= 11 is 0. The number of hydrogen-bond donors (Lipinski definition) is 2. The second kappa shape index (κ2) is 13.1. The van der Waals surface area contributed by atoms with E-state index in [1.807, 2.05) is 60.7 Å². The quantitative estimate of drug-likeness (QED) is 0.275. The van der Waals surface area contributed by atoms with Crippen LogP contribution >= 0.6 is 0 Å². The number of carbonyl (C=O) groups is 3. The van der Waals surface area contributed by atoms with Crippen LogP contribution < -0.4 is 10.1 Å². The molecule has 0 saturated carbocycles. The van der Waals surface area contributed by atoms with E-state index in [1.54, 1.807) is 49.6 Å². The summed E-state index contributed by atoms with van der Waals surface area (Å²) in [6.45, 7) is 0.636. The molecule has 0 unspecified atom stereocenters. The van der Waals surface area contributed by atoms with E-state index in [2.05, 4.69) is 5.32 Å². The topological polar surface area (TPSA) is 95.9 Å². The van der Waals surface area contributed by atoms with Crippen molar-refractivity contribution in [3.8, 4) is 16.9 Å². The largest absolute Gasteiger partial charge is 0.497 e. The molecule has 0 atom stereocenters. The Balaban J connectivity index is 1.64. The Morgan fingerprint density at radius 1 is 0.744 bits per heavy atom. The number of carbonyl (C=O) groups excluding carboxylic acids is 2. The van der Waals surface area contributed by atoms with Crippen LogP contribution in [0.3, 0.4) is 0 Å². The molecule has 0 aliphatic carbocycles. The molecule has 0 bridgehead atoms. The van der Waals surface area contributed by atoms with Gasteiger partial charge in [0.2, 0.25) is 0 Å². The Labute approximate surface area is 227 Å². The normalized spacial score (nSPS) is 10.5. The minimum Gasteiger partial charge on any atom is -0.497 e. The van der Waals surface area contributed by atoms with Crippen LogP contribution in [0.1, 0.15) is 38.3 Å². The number of methoxy groups -OCH3 is 1. The third-order valence-corrected chi connectivity index (χ3v) is 6.33. The maximum Gasteiger partial charge on any atom is 0.305 e. The standard InChI is InChI=1S/C32H30N2O5/c1-39-25-17-15-24(16-18-25)22-34(20-19-30(35)36)32(38)29-14-8-6-12-27(29)26-11-5-7-13-28(26)31(37)33-21-23-9-3-2-4-10-23/h2-18H,19-22H2,1H3,(H,33,37)(H,35,36). The lowest BCUT2D eigenvalue weighted by atomic mass is 9.94. The second-order valence-electron chi connectivity index (χ2n) is 8.98. The van der Waals surface area contributed by atoms with Crippen LogP contribution in [0.4, 0.5) is 0 Å². The number of benzene rings is 4. The molecule has 0 aliphatic rings. The number of carboxylic acids is 1. The summed E-state index contributed by atoms with van der Waals surface area (Å²) in [5.74, 6) is -0.870. The number of nitrogens with zero attached hydrogens (tertiary/aromatic N) is 1. The van der Waals surface area contributed by atoms with E-state index in [4.69, 9.17) is 4.74 Å². The third kappa shape index (κ3) is 7.11. The molecule has 7 heteroatoms. The van der Waals surface area contributed by atoms with Crippen LogP contribution in [0.2, 0.25) is 0 Å². The highest BCUT2D eigenvalue weighted by Crippen LogP contribution is 2.29. The van der Waals surface area contributed by atoms with Crippen molar-refractivity contribution < 1.29 is 24.2 Å². The maximum atomic E-state index is 13.9.